The first kappa shape index (κ1) is 21.8. The maximum Gasteiger partial charge on any atom is 0.296 e. The second-order valence-electron chi connectivity index (χ2n) is 8.73. The molecule has 2 aliphatic heterocycles. The van der Waals surface area contributed by atoms with Crippen LogP contribution >= 0.6 is 0 Å². The van der Waals surface area contributed by atoms with Crippen LogP contribution in [0.2, 0.25) is 0 Å². The first-order chi connectivity index (χ1) is 15.7. The highest BCUT2D eigenvalue weighted by Crippen LogP contribution is 2.67. The van der Waals surface area contributed by atoms with E-state index in [1.54, 1.807) is 12.1 Å². The predicted octanol–water partition coefficient (Wildman–Crippen LogP) is 2.29. The molecule has 0 radical (unpaired) electrons. The largest absolute Gasteiger partial charge is 0.454 e. The van der Waals surface area contributed by atoms with Gasteiger partial charge in [0.15, 0.2) is 0 Å². The molecule has 1 saturated heterocycles. The molecule has 2 aromatic carbocycles. The van der Waals surface area contributed by atoms with Crippen LogP contribution in [0.3, 0.4) is 0 Å². The van der Waals surface area contributed by atoms with Crippen LogP contribution in [0.25, 0.3) is 5.76 Å². The number of nitrogens with zero attached hydrogens (tertiary/aromatic N) is 1. The Balaban J connectivity index is 1.77. The fraction of sp³-hybridized carbons (Fsp3) is 0.360. The summed E-state index contributed by atoms with van der Waals surface area (Å²) in [7, 11) is 0. The molecule has 2 aromatic rings. The fourth-order valence-corrected chi connectivity index (χ4v) is 5.47. The number of amides is 1. The number of ketones is 1. The number of benzene rings is 2. The highest BCUT2D eigenvalue weighted by atomic mass is 19.1. The van der Waals surface area contributed by atoms with Crippen molar-refractivity contribution in [3.63, 3.8) is 0 Å². The number of carbonyl (C=O) groups excluding carboxylic acids is 2. The summed E-state index contributed by atoms with van der Waals surface area (Å²) in [5, 5.41) is 35.0. The van der Waals surface area contributed by atoms with E-state index < -0.39 is 34.6 Å². The highest BCUT2D eigenvalue weighted by Gasteiger charge is 2.84. The Morgan fingerprint density at radius 2 is 1.61 bits per heavy atom. The van der Waals surface area contributed by atoms with Gasteiger partial charge in [0.1, 0.15) is 11.6 Å². The molecule has 3 aliphatic rings. The minimum atomic E-state index is -2.82. The number of rotatable bonds is 6. The molecular weight excluding hydrogens is 429 g/mol. The Kier molecular flexibility index (Phi) is 4.76. The summed E-state index contributed by atoms with van der Waals surface area (Å²) in [6.45, 7) is 2.05. The monoisotopic (exact) mass is 453 g/mol. The van der Waals surface area contributed by atoms with E-state index in [9.17, 15) is 29.3 Å². The Labute approximate surface area is 189 Å². The molecule has 5 rings (SSSR count). The maximum atomic E-state index is 13.6. The zero-order valence-electron chi connectivity index (χ0n) is 18.0. The number of hydrogen-bond donors (Lipinski definition) is 3. The standard InChI is InChI=1S/C25H24FNO6/c1-2-3-4-7-14-27-22(29)20(28)19-21(15-10-12-16(26)13-11-15)33-25(32)18-9-6-5-8-17(18)24(30,31)23(19,25)27/h5-6,8-13,30-32H,2-4,7,14H2,1H3/t23-,25+/m1/s1. The van der Waals surface area contributed by atoms with Crippen molar-refractivity contribution in [1.29, 1.82) is 0 Å². The lowest BCUT2D eigenvalue weighted by Crippen LogP contribution is -2.66. The van der Waals surface area contributed by atoms with E-state index in [-0.39, 0.29) is 34.6 Å². The van der Waals surface area contributed by atoms with Crippen molar-refractivity contribution in [2.75, 3.05) is 6.54 Å². The van der Waals surface area contributed by atoms with Crippen LogP contribution in [-0.2, 0) is 25.9 Å². The number of hydrogen-bond acceptors (Lipinski definition) is 6. The van der Waals surface area contributed by atoms with Crippen molar-refractivity contribution in [3.8, 4) is 0 Å². The summed E-state index contributed by atoms with van der Waals surface area (Å²) < 4.78 is 19.5. The molecule has 172 valence electrons. The smallest absolute Gasteiger partial charge is 0.296 e. The van der Waals surface area contributed by atoms with Crippen molar-refractivity contribution in [1.82, 2.24) is 4.90 Å². The zero-order valence-corrected chi connectivity index (χ0v) is 18.0. The summed E-state index contributed by atoms with van der Waals surface area (Å²) in [6.07, 6.45) is 3.10. The molecule has 7 nitrogen and oxygen atoms in total. The Bertz CT molecular complexity index is 1190. The highest BCUT2D eigenvalue weighted by molar-refractivity contribution is 6.48. The molecule has 1 fully saturated rings. The van der Waals surface area contributed by atoms with E-state index in [1.807, 2.05) is 6.92 Å². The quantitative estimate of drug-likeness (QED) is 0.352. The maximum absolute atomic E-state index is 13.6. The second kappa shape index (κ2) is 7.21. The van der Waals surface area contributed by atoms with Gasteiger partial charge >= 0.3 is 0 Å². The van der Waals surface area contributed by atoms with Gasteiger partial charge in [0.05, 0.1) is 5.57 Å². The van der Waals surface area contributed by atoms with Gasteiger partial charge in [-0.3, -0.25) is 9.59 Å². The number of unbranched alkanes of at least 4 members (excludes halogenated alkanes) is 3. The normalized spacial score (nSPS) is 27.0. The van der Waals surface area contributed by atoms with Crippen LogP contribution in [-0.4, -0.2) is 44.0 Å². The van der Waals surface area contributed by atoms with Gasteiger partial charge in [0, 0.05) is 23.2 Å². The third-order valence-corrected chi connectivity index (χ3v) is 6.91. The van der Waals surface area contributed by atoms with Gasteiger partial charge in [-0.15, -0.1) is 0 Å². The van der Waals surface area contributed by atoms with E-state index in [0.29, 0.717) is 6.42 Å². The van der Waals surface area contributed by atoms with Crippen LogP contribution in [0, 0.1) is 5.82 Å². The van der Waals surface area contributed by atoms with Gasteiger partial charge in [-0.2, -0.15) is 0 Å². The van der Waals surface area contributed by atoms with Crippen molar-refractivity contribution < 1.29 is 34.0 Å². The van der Waals surface area contributed by atoms with Crippen LogP contribution in [0.15, 0.2) is 54.1 Å². The zero-order chi connectivity index (χ0) is 23.6. The Hall–Kier alpha value is -3.07. The van der Waals surface area contributed by atoms with Crippen molar-refractivity contribution >= 4 is 17.4 Å². The van der Waals surface area contributed by atoms with Gasteiger partial charge in [0.25, 0.3) is 17.5 Å². The van der Waals surface area contributed by atoms with Crippen LogP contribution in [0.5, 0.6) is 0 Å². The average molecular weight is 453 g/mol. The molecule has 0 bridgehead atoms. The summed E-state index contributed by atoms with van der Waals surface area (Å²) in [5.41, 5.74) is -2.41. The molecular formula is C25H24FNO6. The van der Waals surface area contributed by atoms with E-state index in [2.05, 4.69) is 0 Å². The number of aliphatic hydroxyl groups is 3. The summed E-state index contributed by atoms with van der Waals surface area (Å²) in [4.78, 5) is 27.6. The number of Topliss-reactive ketones (excluding diaryl/α,β-unsaturated/α-hetero) is 1. The van der Waals surface area contributed by atoms with E-state index in [4.69, 9.17) is 4.74 Å². The van der Waals surface area contributed by atoms with Crippen molar-refractivity contribution in [3.05, 3.63) is 76.6 Å². The van der Waals surface area contributed by atoms with Gasteiger partial charge in [-0.25, -0.2) is 4.39 Å². The van der Waals surface area contributed by atoms with Crippen LogP contribution < -0.4 is 0 Å². The van der Waals surface area contributed by atoms with Crippen LogP contribution in [0.4, 0.5) is 4.39 Å². The molecule has 8 heteroatoms. The molecule has 2 atom stereocenters. The number of carbonyl (C=O) groups is 2. The first-order valence-electron chi connectivity index (χ1n) is 11.0. The van der Waals surface area contributed by atoms with E-state index in [0.717, 1.165) is 36.3 Å². The van der Waals surface area contributed by atoms with E-state index >= 15 is 0 Å². The minimum absolute atomic E-state index is 0.0211. The molecule has 33 heavy (non-hydrogen) atoms. The molecule has 2 heterocycles. The molecule has 0 saturated carbocycles. The topological polar surface area (TPSA) is 107 Å². The second-order valence-corrected chi connectivity index (χ2v) is 8.73. The number of likely N-dealkylation sites (tertiary alicyclic amines) is 1. The third-order valence-electron chi connectivity index (χ3n) is 6.91. The average Bonchev–Trinajstić information content (AvgIpc) is 3.27. The lowest BCUT2D eigenvalue weighted by Gasteiger charge is -2.45. The summed E-state index contributed by atoms with van der Waals surface area (Å²) >= 11 is 0. The number of fused-ring (bicyclic) bond motifs is 2. The SMILES string of the molecule is CCCCCCN1C(=O)C(=O)C2=C(c3ccc(F)cc3)O[C@@]3(O)c4ccccc4C(O)(O)[C@@]213. The van der Waals surface area contributed by atoms with Gasteiger partial charge in [-0.1, -0.05) is 50.5 Å². The Morgan fingerprint density at radius 3 is 2.27 bits per heavy atom. The van der Waals surface area contributed by atoms with E-state index in [1.165, 1.54) is 24.3 Å². The lowest BCUT2D eigenvalue weighted by molar-refractivity contribution is -0.312. The Morgan fingerprint density at radius 1 is 0.939 bits per heavy atom. The van der Waals surface area contributed by atoms with Gasteiger partial charge in [0.2, 0.25) is 11.3 Å². The predicted molar refractivity (Wildman–Crippen MR) is 114 cm³/mol. The number of ether oxygens (including phenoxy) is 1. The molecule has 1 amide bonds. The molecule has 0 aromatic heterocycles. The first-order valence-corrected chi connectivity index (χ1v) is 11.0. The molecule has 1 aliphatic carbocycles. The molecule has 1 spiro atoms. The van der Waals surface area contributed by atoms with Gasteiger partial charge in [-0.05, 0) is 30.7 Å². The molecule has 0 unspecified atom stereocenters. The van der Waals surface area contributed by atoms with Crippen LogP contribution in [0.1, 0.15) is 49.3 Å². The van der Waals surface area contributed by atoms with Crippen molar-refractivity contribution in [2.45, 2.75) is 49.7 Å². The third kappa shape index (κ3) is 2.54. The van der Waals surface area contributed by atoms with Gasteiger partial charge < -0.3 is 25.0 Å². The fourth-order valence-electron chi connectivity index (χ4n) is 5.47. The minimum Gasteiger partial charge on any atom is -0.454 e. The lowest BCUT2D eigenvalue weighted by atomic mass is 9.78. The number of halogens is 1. The summed E-state index contributed by atoms with van der Waals surface area (Å²) in [5.74, 6) is -7.87. The summed E-state index contributed by atoms with van der Waals surface area (Å²) in [6, 6.07) is 11.0. The molecule has 3 N–H and O–H groups in total. The van der Waals surface area contributed by atoms with Crippen molar-refractivity contribution in [2.24, 2.45) is 0 Å².